The average molecular weight is 568 g/mol. The van der Waals surface area contributed by atoms with E-state index in [0.717, 1.165) is 18.6 Å². The highest BCUT2D eigenvalue weighted by Gasteiger charge is 2.57. The summed E-state index contributed by atoms with van der Waals surface area (Å²) in [6.45, 7) is 4.16. The van der Waals surface area contributed by atoms with Gasteiger partial charge < -0.3 is 24.4 Å². The maximum absolute atomic E-state index is 14.5. The molecule has 0 aromatic heterocycles. The lowest BCUT2D eigenvalue weighted by molar-refractivity contribution is -0.956. The summed E-state index contributed by atoms with van der Waals surface area (Å²) in [7, 11) is 0. The molecule has 7 nitrogen and oxygen atoms in total. The van der Waals surface area contributed by atoms with E-state index in [1.165, 1.54) is 43.3 Å². The Hall–Kier alpha value is -2.39. The molecule has 4 atom stereocenters. The maximum atomic E-state index is 14.5. The number of nitrogens with zero attached hydrogens (tertiary/aromatic N) is 1. The first-order valence-corrected chi connectivity index (χ1v) is 16.1. The van der Waals surface area contributed by atoms with Crippen molar-refractivity contribution >= 4 is 23.7 Å². The van der Waals surface area contributed by atoms with Gasteiger partial charge in [0.25, 0.3) is 0 Å². The molecule has 40 heavy (non-hydrogen) atoms. The molecule has 8 heteroatoms. The number of esters is 2. The molecule has 3 saturated heterocycles. The van der Waals surface area contributed by atoms with Gasteiger partial charge in [-0.1, -0.05) is 60.7 Å². The maximum Gasteiger partial charge on any atom is 0.348 e. The van der Waals surface area contributed by atoms with Crippen LogP contribution in [0.1, 0.15) is 63.0 Å². The van der Waals surface area contributed by atoms with Crippen molar-refractivity contribution in [3.8, 4) is 0 Å². The lowest BCUT2D eigenvalue weighted by atomic mass is 9.85. The summed E-state index contributed by atoms with van der Waals surface area (Å²) >= 11 is 1.62. The second kappa shape index (κ2) is 12.6. The molecule has 3 aliphatic rings. The van der Waals surface area contributed by atoms with Crippen molar-refractivity contribution in [1.82, 2.24) is 0 Å². The SMILES string of the molecule is CSCC[C@H](N)C(=O)O[C@H](C)OC(C(=O)OC1CC2CCC(C1)[N+]21CCCC1)(c1ccccc1)c1ccccc1. The fraction of sp³-hybridized carbons (Fsp3) is 0.562. The van der Waals surface area contributed by atoms with Crippen LogP contribution < -0.4 is 5.73 Å². The Balaban J connectivity index is 1.42. The van der Waals surface area contributed by atoms with Gasteiger partial charge >= 0.3 is 11.9 Å². The Morgan fingerprint density at radius 3 is 2.05 bits per heavy atom. The van der Waals surface area contributed by atoms with Crippen LogP contribution in [0.25, 0.3) is 0 Å². The summed E-state index contributed by atoms with van der Waals surface area (Å²) in [6.07, 6.45) is 8.05. The quantitative estimate of drug-likeness (QED) is 0.238. The minimum absolute atomic E-state index is 0.164. The molecule has 2 aromatic carbocycles. The van der Waals surface area contributed by atoms with E-state index in [2.05, 4.69) is 0 Å². The zero-order valence-corrected chi connectivity index (χ0v) is 24.5. The first kappa shape index (κ1) is 29.1. The van der Waals surface area contributed by atoms with Gasteiger partial charge in [-0.25, -0.2) is 4.79 Å². The van der Waals surface area contributed by atoms with Crippen LogP contribution in [-0.4, -0.2) is 72.0 Å². The van der Waals surface area contributed by atoms with E-state index in [4.69, 9.17) is 19.9 Å². The lowest BCUT2D eigenvalue weighted by Crippen LogP contribution is -2.60. The van der Waals surface area contributed by atoms with Crippen molar-refractivity contribution in [2.75, 3.05) is 25.1 Å². The van der Waals surface area contributed by atoms with E-state index in [1.54, 1.807) is 18.7 Å². The van der Waals surface area contributed by atoms with E-state index in [-0.39, 0.29) is 6.10 Å². The molecule has 1 spiro atoms. The molecule has 0 aliphatic carbocycles. The van der Waals surface area contributed by atoms with Gasteiger partial charge in [0.1, 0.15) is 12.1 Å². The predicted octanol–water partition coefficient (Wildman–Crippen LogP) is 4.76. The van der Waals surface area contributed by atoms with Crippen molar-refractivity contribution in [3.63, 3.8) is 0 Å². The number of ether oxygens (including phenoxy) is 3. The van der Waals surface area contributed by atoms with Crippen molar-refractivity contribution in [3.05, 3.63) is 71.8 Å². The lowest BCUT2D eigenvalue weighted by Gasteiger charge is -2.47. The summed E-state index contributed by atoms with van der Waals surface area (Å²) < 4.78 is 19.8. The van der Waals surface area contributed by atoms with Gasteiger partial charge in [0.15, 0.2) is 0 Å². The predicted molar refractivity (Wildman–Crippen MR) is 156 cm³/mol. The first-order valence-electron chi connectivity index (χ1n) is 14.7. The number of carbonyl (C=O) groups excluding carboxylic acids is 2. The van der Waals surface area contributed by atoms with Gasteiger partial charge in [-0.2, -0.15) is 11.8 Å². The molecule has 3 fully saturated rings. The van der Waals surface area contributed by atoms with Crippen molar-refractivity contribution in [1.29, 1.82) is 0 Å². The minimum Gasteiger partial charge on any atom is -0.459 e. The smallest absolute Gasteiger partial charge is 0.348 e. The molecule has 2 N–H and O–H groups in total. The molecule has 3 heterocycles. The topological polar surface area (TPSA) is 87.9 Å². The van der Waals surface area contributed by atoms with Crippen LogP contribution in [0, 0.1) is 0 Å². The molecule has 0 saturated carbocycles. The van der Waals surface area contributed by atoms with Gasteiger partial charge in [0.2, 0.25) is 11.9 Å². The summed E-state index contributed by atoms with van der Waals surface area (Å²) in [5.41, 5.74) is 5.71. The number of hydrogen-bond acceptors (Lipinski definition) is 7. The minimum atomic E-state index is -1.61. The van der Waals surface area contributed by atoms with E-state index < -0.39 is 29.9 Å². The Bertz CT molecular complexity index is 1090. The summed E-state index contributed by atoms with van der Waals surface area (Å²) in [5.74, 6) is -0.272. The molecule has 0 amide bonds. The van der Waals surface area contributed by atoms with Gasteiger partial charge in [-0.15, -0.1) is 0 Å². The van der Waals surface area contributed by atoms with Crippen molar-refractivity contribution in [2.24, 2.45) is 5.73 Å². The van der Waals surface area contributed by atoms with Gasteiger partial charge in [0, 0.05) is 38.5 Å². The monoisotopic (exact) mass is 567 g/mol. The third-order valence-corrected chi connectivity index (χ3v) is 9.88. The number of nitrogens with two attached hydrogens (primary N) is 1. The number of carbonyl (C=O) groups is 2. The Morgan fingerprint density at radius 2 is 1.52 bits per heavy atom. The molecule has 216 valence electrons. The van der Waals surface area contributed by atoms with Crippen LogP contribution in [-0.2, 0) is 29.4 Å². The number of piperidine rings is 1. The van der Waals surface area contributed by atoms with Crippen molar-refractivity contribution < 1.29 is 28.3 Å². The fourth-order valence-corrected chi connectivity index (χ4v) is 7.85. The molecule has 2 bridgehead atoms. The molecule has 3 aliphatic heterocycles. The number of hydrogen-bond donors (Lipinski definition) is 1. The van der Waals surface area contributed by atoms with Crippen LogP contribution in [0.2, 0.25) is 0 Å². The molecule has 2 unspecified atom stereocenters. The highest BCUT2D eigenvalue weighted by atomic mass is 32.2. The summed E-state index contributed by atoms with van der Waals surface area (Å²) in [4.78, 5) is 27.2. The average Bonchev–Trinajstić information content (AvgIpc) is 3.51. The summed E-state index contributed by atoms with van der Waals surface area (Å²) in [6, 6.07) is 19.1. The van der Waals surface area contributed by atoms with Crippen LogP contribution in [0.5, 0.6) is 0 Å². The Labute approximate surface area is 242 Å². The highest BCUT2D eigenvalue weighted by molar-refractivity contribution is 7.98. The van der Waals surface area contributed by atoms with Crippen molar-refractivity contribution in [2.45, 2.75) is 88.0 Å². The zero-order chi connectivity index (χ0) is 28.2. The number of rotatable bonds is 11. The van der Waals surface area contributed by atoms with E-state index in [9.17, 15) is 9.59 Å². The zero-order valence-electron chi connectivity index (χ0n) is 23.7. The molecule has 5 rings (SSSR count). The van der Waals surface area contributed by atoms with Crippen LogP contribution in [0.3, 0.4) is 0 Å². The fourth-order valence-electron chi connectivity index (χ4n) is 7.36. The molecule has 0 radical (unpaired) electrons. The van der Waals surface area contributed by atoms with Crippen LogP contribution >= 0.6 is 11.8 Å². The Morgan fingerprint density at radius 1 is 0.975 bits per heavy atom. The highest BCUT2D eigenvalue weighted by Crippen LogP contribution is 2.47. The largest absolute Gasteiger partial charge is 0.459 e. The molecular weight excluding hydrogens is 524 g/mol. The number of quaternary nitrogens is 1. The number of thioether (sulfide) groups is 1. The van der Waals surface area contributed by atoms with Gasteiger partial charge in [-0.05, 0) is 36.5 Å². The van der Waals surface area contributed by atoms with Crippen LogP contribution in [0.15, 0.2) is 60.7 Å². The summed E-state index contributed by atoms with van der Waals surface area (Å²) in [5, 5.41) is 0. The van der Waals surface area contributed by atoms with Gasteiger partial charge in [0.05, 0.1) is 25.2 Å². The normalized spacial score (nSPS) is 24.9. The van der Waals surface area contributed by atoms with E-state index in [1.807, 2.05) is 66.9 Å². The van der Waals surface area contributed by atoms with E-state index in [0.29, 0.717) is 29.6 Å². The second-order valence-corrected chi connectivity index (χ2v) is 12.6. The standard InChI is InChI=1S/C32H43N2O5S/c1-23(37-30(35)29(33)17-20-40-2)39-32(24-11-5-3-6-12-24,25-13-7-4-8-14-25)31(36)38-28-21-26-15-16-27(22-28)34(26)18-9-10-19-34/h3-8,11-14,23,26-29H,9-10,15-22,33H2,1-2H3/q+1/t23-,26?,27?,28?,29-/m0/s1. The van der Waals surface area contributed by atoms with E-state index >= 15 is 0 Å². The number of benzene rings is 2. The van der Waals surface area contributed by atoms with Crippen LogP contribution in [0.4, 0.5) is 0 Å². The molecule has 2 aromatic rings. The Kier molecular flexibility index (Phi) is 9.20. The van der Waals surface area contributed by atoms with Gasteiger partial charge in [-0.3, -0.25) is 4.79 Å². The molecular formula is C32H43N2O5S+. The third-order valence-electron chi connectivity index (χ3n) is 9.24. The second-order valence-electron chi connectivity index (χ2n) is 11.6. The third kappa shape index (κ3) is 5.69. The first-order chi connectivity index (χ1) is 19.4.